The van der Waals surface area contributed by atoms with Gasteiger partial charge in [0.2, 0.25) is 0 Å². The standard InChI is InChI=1S/C46H28BN3O2/c1-3-13-40-34(9-1)35-10-2-4-14-41(35)50(40)33-19-15-29(16-20-33)32-27-44-46-45(28-32)52-43-22-18-31(39-12-6-8-24-49-39)26-37(43)47(46)36-25-30(17-21-42(36)51-44)38-11-5-7-23-48-38/h1-28H. The van der Waals surface area contributed by atoms with Crippen LogP contribution in [0.1, 0.15) is 0 Å². The fourth-order valence-electron chi connectivity index (χ4n) is 8.06. The molecular formula is C46H28BN3O2. The predicted molar refractivity (Wildman–Crippen MR) is 210 cm³/mol. The van der Waals surface area contributed by atoms with E-state index in [-0.39, 0.29) is 6.71 Å². The molecule has 0 saturated carbocycles. The van der Waals surface area contributed by atoms with E-state index in [4.69, 9.17) is 9.47 Å². The number of aromatic nitrogens is 3. The summed E-state index contributed by atoms with van der Waals surface area (Å²) in [5, 5.41) is 2.50. The number of nitrogens with zero attached hydrogens (tertiary/aromatic N) is 3. The van der Waals surface area contributed by atoms with Gasteiger partial charge in [0, 0.05) is 34.3 Å². The first-order valence-electron chi connectivity index (χ1n) is 17.5. The Morgan fingerprint density at radius 2 is 0.923 bits per heavy atom. The van der Waals surface area contributed by atoms with Crippen LogP contribution in [0.5, 0.6) is 23.0 Å². The molecule has 11 rings (SSSR count). The summed E-state index contributed by atoms with van der Waals surface area (Å²) in [4.78, 5) is 9.29. The summed E-state index contributed by atoms with van der Waals surface area (Å²) in [6.07, 6.45) is 3.66. The molecule has 2 aliphatic heterocycles. The highest BCUT2D eigenvalue weighted by Crippen LogP contribution is 2.40. The van der Waals surface area contributed by atoms with Crippen molar-refractivity contribution < 1.29 is 9.47 Å². The van der Waals surface area contributed by atoms with Crippen molar-refractivity contribution in [1.29, 1.82) is 0 Å². The molecule has 0 aliphatic carbocycles. The summed E-state index contributed by atoms with van der Waals surface area (Å²) in [5.41, 5.74) is 12.7. The Labute approximate surface area is 300 Å². The van der Waals surface area contributed by atoms with Crippen molar-refractivity contribution in [3.8, 4) is 62.3 Å². The Balaban J connectivity index is 1.05. The van der Waals surface area contributed by atoms with Gasteiger partial charge in [0.05, 0.1) is 22.4 Å². The number of hydrogen-bond donors (Lipinski definition) is 0. The van der Waals surface area contributed by atoms with Crippen molar-refractivity contribution in [2.24, 2.45) is 0 Å². The maximum Gasteiger partial charge on any atom is 0.260 e. The number of hydrogen-bond acceptors (Lipinski definition) is 4. The number of benzene rings is 6. The summed E-state index contributed by atoms with van der Waals surface area (Å²) in [6.45, 7) is -0.100. The Kier molecular flexibility index (Phi) is 6.28. The van der Waals surface area contributed by atoms with Crippen LogP contribution in [0.2, 0.25) is 0 Å². The minimum atomic E-state index is -0.100. The van der Waals surface area contributed by atoms with Gasteiger partial charge in [-0.15, -0.1) is 0 Å². The van der Waals surface area contributed by atoms with Crippen LogP contribution in [-0.2, 0) is 0 Å². The number of pyridine rings is 2. The molecule has 0 fully saturated rings. The van der Waals surface area contributed by atoms with E-state index in [0.29, 0.717) is 0 Å². The number of rotatable bonds is 4. The van der Waals surface area contributed by atoms with Crippen LogP contribution >= 0.6 is 0 Å². The van der Waals surface area contributed by atoms with E-state index in [2.05, 4.69) is 136 Å². The topological polar surface area (TPSA) is 49.2 Å². The molecule has 0 atom stereocenters. The van der Waals surface area contributed by atoms with Crippen molar-refractivity contribution in [2.75, 3.05) is 0 Å². The molecule has 5 nitrogen and oxygen atoms in total. The molecule has 0 saturated heterocycles. The molecule has 0 amide bonds. The first-order chi connectivity index (χ1) is 25.8. The first-order valence-corrected chi connectivity index (χ1v) is 17.5. The van der Waals surface area contributed by atoms with Crippen LogP contribution in [0.4, 0.5) is 0 Å². The summed E-state index contributed by atoms with van der Waals surface area (Å²) in [5.74, 6) is 3.27. The van der Waals surface area contributed by atoms with Crippen LogP contribution < -0.4 is 25.9 Å². The van der Waals surface area contributed by atoms with Crippen molar-refractivity contribution >= 4 is 44.9 Å². The van der Waals surface area contributed by atoms with Gasteiger partial charge in [0.25, 0.3) is 6.71 Å². The van der Waals surface area contributed by atoms with E-state index in [1.54, 1.807) is 0 Å². The highest BCUT2D eigenvalue weighted by molar-refractivity contribution is 6.98. The van der Waals surface area contributed by atoms with Crippen LogP contribution in [0, 0.1) is 0 Å². The van der Waals surface area contributed by atoms with Gasteiger partial charge in [-0.3, -0.25) is 9.97 Å². The van der Waals surface area contributed by atoms with Crippen molar-refractivity contribution in [3.05, 3.63) is 170 Å². The average Bonchev–Trinajstić information content (AvgIpc) is 3.55. The summed E-state index contributed by atoms with van der Waals surface area (Å²) >= 11 is 0. The molecule has 2 aliphatic rings. The van der Waals surface area contributed by atoms with Gasteiger partial charge < -0.3 is 14.0 Å². The number of para-hydroxylation sites is 2. The Morgan fingerprint density at radius 1 is 0.423 bits per heavy atom. The molecule has 0 radical (unpaired) electrons. The van der Waals surface area contributed by atoms with E-state index < -0.39 is 0 Å². The second-order valence-corrected chi connectivity index (χ2v) is 13.4. The van der Waals surface area contributed by atoms with Crippen LogP contribution in [0.3, 0.4) is 0 Å². The summed E-state index contributed by atoms with van der Waals surface area (Å²) in [6, 6.07) is 55.1. The maximum atomic E-state index is 6.77. The minimum absolute atomic E-state index is 0.100. The third-order valence-electron chi connectivity index (χ3n) is 10.4. The lowest BCUT2D eigenvalue weighted by Crippen LogP contribution is -2.57. The fourth-order valence-corrected chi connectivity index (χ4v) is 8.06. The largest absolute Gasteiger partial charge is 0.458 e. The Bertz CT molecular complexity index is 2680. The minimum Gasteiger partial charge on any atom is -0.458 e. The lowest BCUT2D eigenvalue weighted by atomic mass is 9.34. The van der Waals surface area contributed by atoms with E-state index in [1.807, 2.05) is 48.8 Å². The second kappa shape index (κ2) is 11.3. The molecule has 52 heavy (non-hydrogen) atoms. The average molecular weight is 666 g/mol. The van der Waals surface area contributed by atoms with E-state index >= 15 is 0 Å². The van der Waals surface area contributed by atoms with Gasteiger partial charge in [0.15, 0.2) is 0 Å². The fraction of sp³-hybridized carbons (Fsp3) is 0. The van der Waals surface area contributed by atoms with Gasteiger partial charge in [-0.25, -0.2) is 0 Å². The lowest BCUT2D eigenvalue weighted by molar-refractivity contribution is 0.465. The van der Waals surface area contributed by atoms with Crippen molar-refractivity contribution in [1.82, 2.24) is 14.5 Å². The molecule has 0 unspecified atom stereocenters. The molecule has 0 N–H and O–H groups in total. The van der Waals surface area contributed by atoms with E-state index in [9.17, 15) is 0 Å². The highest BCUT2D eigenvalue weighted by Gasteiger charge is 2.41. The SMILES string of the molecule is c1ccc(-c2ccc3c(c2)B2c4cc(-c5ccccn5)ccc4Oc4cc(-c5ccc(-n6c7ccccc7c7ccccc76)cc5)cc(c42)O3)nc1. The van der Waals surface area contributed by atoms with Gasteiger partial charge in [-0.1, -0.05) is 72.8 Å². The Morgan fingerprint density at radius 3 is 1.44 bits per heavy atom. The third-order valence-corrected chi connectivity index (χ3v) is 10.4. The zero-order chi connectivity index (χ0) is 34.2. The van der Waals surface area contributed by atoms with Gasteiger partial charge in [-0.2, -0.15) is 0 Å². The zero-order valence-corrected chi connectivity index (χ0v) is 27.9. The quantitative estimate of drug-likeness (QED) is 0.176. The highest BCUT2D eigenvalue weighted by atomic mass is 16.5. The van der Waals surface area contributed by atoms with Crippen LogP contribution in [-0.4, -0.2) is 21.2 Å². The Hall–Kier alpha value is -6.92. The third kappa shape index (κ3) is 4.44. The van der Waals surface area contributed by atoms with Crippen molar-refractivity contribution in [3.63, 3.8) is 0 Å². The zero-order valence-electron chi connectivity index (χ0n) is 27.9. The molecule has 6 aromatic carbocycles. The molecular weight excluding hydrogens is 637 g/mol. The lowest BCUT2D eigenvalue weighted by Gasteiger charge is -2.34. The number of fused-ring (bicyclic) bond motifs is 7. The molecule has 3 aromatic heterocycles. The van der Waals surface area contributed by atoms with Gasteiger partial charge in [0.1, 0.15) is 23.0 Å². The normalized spacial score (nSPS) is 12.5. The monoisotopic (exact) mass is 665 g/mol. The number of ether oxygens (including phenoxy) is 2. The van der Waals surface area contributed by atoms with E-state index in [1.165, 1.54) is 21.8 Å². The molecule has 242 valence electrons. The summed E-state index contributed by atoms with van der Waals surface area (Å²) in [7, 11) is 0. The summed E-state index contributed by atoms with van der Waals surface area (Å²) < 4.78 is 15.9. The van der Waals surface area contributed by atoms with Crippen LogP contribution in [0.15, 0.2) is 170 Å². The van der Waals surface area contributed by atoms with Crippen molar-refractivity contribution in [2.45, 2.75) is 0 Å². The maximum absolute atomic E-state index is 6.77. The molecule has 6 heteroatoms. The van der Waals surface area contributed by atoms with Gasteiger partial charge >= 0.3 is 0 Å². The molecule has 9 aromatic rings. The molecule has 0 bridgehead atoms. The van der Waals surface area contributed by atoms with Crippen LogP contribution in [0.25, 0.3) is 61.1 Å². The first kappa shape index (κ1) is 28.9. The smallest absolute Gasteiger partial charge is 0.260 e. The molecule has 5 heterocycles. The van der Waals surface area contributed by atoms with Gasteiger partial charge in [-0.05, 0) is 118 Å². The molecule has 0 spiro atoms. The van der Waals surface area contributed by atoms with E-state index in [0.717, 1.165) is 78.7 Å². The second-order valence-electron chi connectivity index (χ2n) is 13.4. The predicted octanol–water partition coefficient (Wildman–Crippen LogP) is 9.30.